The Morgan fingerprint density at radius 1 is 0.972 bits per heavy atom. The molecule has 0 unspecified atom stereocenters. The summed E-state index contributed by atoms with van der Waals surface area (Å²) in [4.78, 5) is 24.4. The van der Waals surface area contributed by atoms with Crippen molar-refractivity contribution >= 4 is 17.6 Å². The number of amides is 1. The summed E-state index contributed by atoms with van der Waals surface area (Å²) in [5, 5.41) is 7.80. The number of nitrogens with one attached hydrogen (secondary N) is 1. The number of rotatable bonds is 6. The van der Waals surface area contributed by atoms with Crippen molar-refractivity contribution in [2.75, 3.05) is 5.32 Å². The van der Waals surface area contributed by atoms with Crippen molar-refractivity contribution in [3.63, 3.8) is 0 Å². The van der Waals surface area contributed by atoms with Gasteiger partial charge in [0, 0.05) is 24.1 Å². The van der Waals surface area contributed by atoms with Crippen LogP contribution in [-0.2, 0) is 9.59 Å². The van der Waals surface area contributed by atoms with Crippen molar-refractivity contribution in [3.05, 3.63) is 83.7 Å². The highest BCUT2D eigenvalue weighted by atomic mass is 19.1. The molecule has 4 aromatic rings. The fourth-order valence-electron chi connectivity index (χ4n) is 4.12. The second-order valence-corrected chi connectivity index (χ2v) is 9.17. The maximum Gasteiger partial charge on any atom is 0.309 e. The molecule has 0 spiro atoms. The minimum atomic E-state index is -0.485. The summed E-state index contributed by atoms with van der Waals surface area (Å²) in [6.45, 7) is 5.29. The number of esters is 1. The Morgan fingerprint density at radius 2 is 1.64 bits per heavy atom. The van der Waals surface area contributed by atoms with E-state index in [0.29, 0.717) is 22.5 Å². The number of hydrogen-bond acceptors (Lipinski definition) is 4. The Bertz CT molecular complexity index is 1450. The van der Waals surface area contributed by atoms with Gasteiger partial charge in [0.2, 0.25) is 11.8 Å². The predicted octanol–water partition coefficient (Wildman–Crippen LogP) is 6.24. The first-order chi connectivity index (χ1) is 17.3. The molecule has 3 aromatic carbocycles. The van der Waals surface area contributed by atoms with Crippen molar-refractivity contribution in [1.82, 2.24) is 9.78 Å². The van der Waals surface area contributed by atoms with E-state index in [9.17, 15) is 14.0 Å². The highest BCUT2D eigenvalue weighted by Gasteiger charge is 2.30. The first-order valence-electron chi connectivity index (χ1n) is 11.9. The largest absolute Gasteiger partial charge is 0.407 e. The van der Waals surface area contributed by atoms with Gasteiger partial charge in [-0.15, -0.1) is 0 Å². The zero-order chi connectivity index (χ0) is 25.4. The number of aryl methyl sites for hydroxylation is 2. The fraction of sp³-hybridized carbons (Fsp3) is 0.207. The van der Waals surface area contributed by atoms with E-state index in [1.54, 1.807) is 16.8 Å². The van der Waals surface area contributed by atoms with Crippen molar-refractivity contribution < 1.29 is 18.7 Å². The van der Waals surface area contributed by atoms with Crippen LogP contribution in [0.1, 0.15) is 30.9 Å². The maximum atomic E-state index is 13.7. The summed E-state index contributed by atoms with van der Waals surface area (Å²) < 4.78 is 21.1. The molecule has 0 bridgehead atoms. The van der Waals surface area contributed by atoms with Crippen LogP contribution in [0.3, 0.4) is 0 Å². The molecule has 1 aliphatic rings. The van der Waals surface area contributed by atoms with E-state index in [2.05, 4.69) is 5.32 Å². The van der Waals surface area contributed by atoms with Gasteiger partial charge in [-0.2, -0.15) is 9.78 Å². The number of hydrogen-bond donors (Lipinski definition) is 1. The third kappa shape index (κ3) is 4.77. The van der Waals surface area contributed by atoms with Gasteiger partial charge in [0.15, 0.2) is 0 Å². The molecule has 0 radical (unpaired) electrons. The molecular weight excluding hydrogens is 457 g/mol. The molecule has 1 heterocycles. The Balaban J connectivity index is 1.69. The molecular formula is C29H26FN3O3. The summed E-state index contributed by atoms with van der Waals surface area (Å²) in [7, 11) is 0. The van der Waals surface area contributed by atoms with Gasteiger partial charge >= 0.3 is 5.97 Å². The van der Waals surface area contributed by atoms with E-state index >= 15 is 0 Å². The minimum absolute atomic E-state index is 0.0260. The fourth-order valence-corrected chi connectivity index (χ4v) is 4.12. The van der Waals surface area contributed by atoms with E-state index in [1.165, 1.54) is 19.1 Å². The van der Waals surface area contributed by atoms with Gasteiger partial charge in [-0.25, -0.2) is 4.39 Å². The summed E-state index contributed by atoms with van der Waals surface area (Å²) in [6, 6.07) is 19.4. The number of carbonyl (C=O) groups is 2. The molecule has 0 atom stereocenters. The Kier molecular flexibility index (Phi) is 6.14. The van der Waals surface area contributed by atoms with E-state index < -0.39 is 5.97 Å². The topological polar surface area (TPSA) is 73.2 Å². The summed E-state index contributed by atoms with van der Waals surface area (Å²) in [6.07, 6.45) is 1.85. The monoisotopic (exact) mass is 483 g/mol. The number of benzene rings is 3. The van der Waals surface area contributed by atoms with Gasteiger partial charge < -0.3 is 10.1 Å². The van der Waals surface area contributed by atoms with Gasteiger partial charge in [0.05, 0.1) is 11.3 Å². The average molecular weight is 484 g/mol. The third-order valence-electron chi connectivity index (χ3n) is 6.18. The number of halogens is 1. The summed E-state index contributed by atoms with van der Waals surface area (Å²) in [5.74, 6) is -0.448. The lowest BCUT2D eigenvalue weighted by atomic mass is 10.0. The van der Waals surface area contributed by atoms with Crippen molar-refractivity contribution in [1.29, 1.82) is 0 Å². The standard InChI is InChI=1S/C29H26FN3O3/c1-17-4-5-18(2)25(16-17)33-29(36-19(3)34)26(27(32-33)21-8-12-23(30)13-9-21)20-10-14-24(15-11-20)31-28(35)22-6-7-22/h4-5,8-16,22H,6-7H2,1-3H3,(H,31,35). The third-order valence-corrected chi connectivity index (χ3v) is 6.18. The van der Waals surface area contributed by atoms with Gasteiger partial charge in [0.1, 0.15) is 11.5 Å². The van der Waals surface area contributed by atoms with Crippen molar-refractivity contribution in [2.24, 2.45) is 5.92 Å². The molecule has 0 aliphatic heterocycles. The molecule has 1 fully saturated rings. The number of ether oxygens (including phenoxy) is 1. The molecule has 1 aliphatic carbocycles. The first kappa shape index (κ1) is 23.5. The van der Waals surface area contributed by atoms with E-state index in [0.717, 1.165) is 35.2 Å². The Labute approximate surface area is 208 Å². The highest BCUT2D eigenvalue weighted by Crippen LogP contribution is 2.42. The lowest BCUT2D eigenvalue weighted by Gasteiger charge is -2.12. The Hall–Kier alpha value is -4.26. The van der Waals surface area contributed by atoms with Crippen LogP contribution >= 0.6 is 0 Å². The number of aromatic nitrogens is 2. The van der Waals surface area contributed by atoms with Crippen LogP contribution in [0, 0.1) is 25.6 Å². The van der Waals surface area contributed by atoms with Gasteiger partial charge in [0.25, 0.3) is 0 Å². The normalized spacial score (nSPS) is 12.9. The van der Waals surface area contributed by atoms with Crippen molar-refractivity contribution in [3.8, 4) is 34.0 Å². The number of carbonyl (C=O) groups excluding carboxylic acids is 2. The maximum absolute atomic E-state index is 13.7. The average Bonchev–Trinajstić information content (AvgIpc) is 3.64. The smallest absolute Gasteiger partial charge is 0.309 e. The number of anilines is 1. The molecule has 1 saturated carbocycles. The van der Waals surface area contributed by atoms with E-state index in [4.69, 9.17) is 9.84 Å². The SMILES string of the molecule is CC(=O)Oc1c(-c2ccc(NC(=O)C3CC3)cc2)c(-c2ccc(F)cc2)nn1-c1cc(C)ccc1C. The van der Waals surface area contributed by atoms with Crippen LogP contribution in [0.2, 0.25) is 0 Å². The summed E-state index contributed by atoms with van der Waals surface area (Å²) in [5.41, 5.74) is 6.00. The molecule has 5 rings (SSSR count). The summed E-state index contributed by atoms with van der Waals surface area (Å²) >= 11 is 0. The zero-order valence-electron chi connectivity index (χ0n) is 20.3. The predicted molar refractivity (Wildman–Crippen MR) is 137 cm³/mol. The Morgan fingerprint density at radius 3 is 2.28 bits per heavy atom. The van der Waals surface area contributed by atoms with Crippen molar-refractivity contribution in [2.45, 2.75) is 33.6 Å². The second kappa shape index (κ2) is 9.41. The first-order valence-corrected chi connectivity index (χ1v) is 11.9. The lowest BCUT2D eigenvalue weighted by Crippen LogP contribution is -2.13. The second-order valence-electron chi connectivity index (χ2n) is 9.17. The molecule has 6 nitrogen and oxygen atoms in total. The molecule has 0 saturated heterocycles. The molecule has 1 aromatic heterocycles. The quantitative estimate of drug-likeness (QED) is 0.330. The van der Waals surface area contributed by atoms with Gasteiger partial charge in [-0.05, 0) is 85.8 Å². The molecule has 7 heteroatoms. The van der Waals surface area contributed by atoms with Gasteiger partial charge in [-0.1, -0.05) is 24.3 Å². The van der Waals surface area contributed by atoms with E-state index in [1.807, 2.05) is 56.3 Å². The van der Waals surface area contributed by atoms with E-state index in [-0.39, 0.29) is 23.5 Å². The van der Waals surface area contributed by atoms with Crippen LogP contribution in [0.5, 0.6) is 5.88 Å². The van der Waals surface area contributed by atoms with Crippen LogP contribution in [-0.4, -0.2) is 21.7 Å². The van der Waals surface area contributed by atoms with Crippen LogP contribution < -0.4 is 10.1 Å². The van der Waals surface area contributed by atoms with Crippen LogP contribution in [0.25, 0.3) is 28.1 Å². The highest BCUT2D eigenvalue weighted by molar-refractivity contribution is 5.94. The molecule has 1 N–H and O–H groups in total. The molecule has 182 valence electrons. The van der Waals surface area contributed by atoms with Gasteiger partial charge in [-0.3, -0.25) is 9.59 Å². The van der Waals surface area contributed by atoms with Crippen LogP contribution in [0.15, 0.2) is 66.7 Å². The van der Waals surface area contributed by atoms with Crippen LogP contribution in [0.4, 0.5) is 10.1 Å². The number of nitrogens with zero attached hydrogens (tertiary/aromatic N) is 2. The molecule has 36 heavy (non-hydrogen) atoms. The minimum Gasteiger partial charge on any atom is -0.407 e. The molecule has 1 amide bonds. The lowest BCUT2D eigenvalue weighted by molar-refractivity contribution is -0.132. The zero-order valence-corrected chi connectivity index (χ0v) is 20.3.